The molecular formula is C9H16O3. The molecule has 3 atom stereocenters. The van der Waals surface area contributed by atoms with E-state index in [-0.39, 0.29) is 5.92 Å². The Bertz CT molecular complexity index is 145. The van der Waals surface area contributed by atoms with Crippen LogP contribution < -0.4 is 0 Å². The van der Waals surface area contributed by atoms with Crippen LogP contribution in [0.4, 0.5) is 0 Å². The van der Waals surface area contributed by atoms with Crippen molar-refractivity contribution in [3.8, 4) is 0 Å². The van der Waals surface area contributed by atoms with Gasteiger partial charge in [0, 0.05) is 11.8 Å². The first-order chi connectivity index (χ1) is 5.67. The predicted molar refractivity (Wildman–Crippen MR) is 45.7 cm³/mol. The molecule has 1 N–H and O–H groups in total. The molecule has 0 rings (SSSR count). The van der Waals surface area contributed by atoms with Crippen LogP contribution in [-0.2, 0) is 9.59 Å². The summed E-state index contributed by atoms with van der Waals surface area (Å²) in [6.07, 6.45) is 2.09. The molecular weight excluding hydrogens is 156 g/mol. The van der Waals surface area contributed by atoms with Gasteiger partial charge in [-0.3, -0.25) is 0 Å². The van der Waals surface area contributed by atoms with E-state index in [1.807, 2.05) is 6.92 Å². The van der Waals surface area contributed by atoms with Gasteiger partial charge in [-0.25, -0.2) is 0 Å². The Kier molecular flexibility index (Phi) is 5.54. The maximum atomic E-state index is 10.5. The second kappa shape index (κ2) is 5.89. The Hall–Kier alpha value is -0.700. The second-order valence-corrected chi connectivity index (χ2v) is 3.06. The van der Waals surface area contributed by atoms with Gasteiger partial charge in [-0.1, -0.05) is 20.3 Å². The lowest BCUT2D eigenvalue weighted by atomic mass is 9.89. The molecule has 0 aliphatic heterocycles. The second-order valence-electron chi connectivity index (χ2n) is 3.06. The Balaban J connectivity index is 4.12. The van der Waals surface area contributed by atoms with Crippen molar-refractivity contribution in [3.63, 3.8) is 0 Å². The van der Waals surface area contributed by atoms with Crippen molar-refractivity contribution in [2.24, 2.45) is 11.8 Å². The molecule has 0 aliphatic rings. The van der Waals surface area contributed by atoms with Gasteiger partial charge in [-0.2, -0.15) is 0 Å². The van der Waals surface area contributed by atoms with E-state index in [1.165, 1.54) is 0 Å². The summed E-state index contributed by atoms with van der Waals surface area (Å²) in [5.74, 6) is -0.925. The molecule has 0 aliphatic carbocycles. The van der Waals surface area contributed by atoms with E-state index < -0.39 is 12.0 Å². The maximum Gasteiger partial charge on any atom is 0.126 e. The average Bonchev–Trinajstić information content (AvgIpc) is 2.06. The van der Waals surface area contributed by atoms with E-state index in [1.54, 1.807) is 6.92 Å². The van der Waals surface area contributed by atoms with Gasteiger partial charge in [-0.15, -0.1) is 0 Å². The molecule has 0 heterocycles. The zero-order valence-corrected chi connectivity index (χ0v) is 7.56. The van der Waals surface area contributed by atoms with Gasteiger partial charge in [0.2, 0.25) is 0 Å². The standard InChI is InChI=1S/C9H16O3/c1-3-4-9(12)8(6-11)7(2)5-10/h5-9,12H,3-4H2,1-2H3. The summed E-state index contributed by atoms with van der Waals surface area (Å²) in [6, 6.07) is 0. The largest absolute Gasteiger partial charge is 0.392 e. The Morgan fingerprint density at radius 2 is 1.92 bits per heavy atom. The third-order valence-corrected chi connectivity index (χ3v) is 2.01. The number of hydrogen-bond donors (Lipinski definition) is 1. The van der Waals surface area contributed by atoms with Crippen LogP contribution >= 0.6 is 0 Å². The highest BCUT2D eigenvalue weighted by Crippen LogP contribution is 2.15. The van der Waals surface area contributed by atoms with Crippen molar-refractivity contribution in [2.75, 3.05) is 0 Å². The number of carbonyl (C=O) groups excluding carboxylic acids is 2. The van der Waals surface area contributed by atoms with Crippen LogP contribution in [-0.4, -0.2) is 23.8 Å². The van der Waals surface area contributed by atoms with Crippen molar-refractivity contribution < 1.29 is 14.7 Å². The van der Waals surface area contributed by atoms with E-state index >= 15 is 0 Å². The topological polar surface area (TPSA) is 54.4 Å². The van der Waals surface area contributed by atoms with Gasteiger partial charge < -0.3 is 14.7 Å². The molecule has 0 fully saturated rings. The SMILES string of the molecule is CCCC(O)C(C=O)C(C)C=O. The van der Waals surface area contributed by atoms with Crippen molar-refractivity contribution in [2.45, 2.75) is 32.8 Å². The van der Waals surface area contributed by atoms with Gasteiger partial charge in [0.15, 0.2) is 0 Å². The summed E-state index contributed by atoms with van der Waals surface area (Å²) in [6.45, 7) is 3.57. The first-order valence-electron chi connectivity index (χ1n) is 4.26. The molecule has 0 saturated heterocycles. The third-order valence-electron chi connectivity index (χ3n) is 2.01. The van der Waals surface area contributed by atoms with E-state index in [2.05, 4.69) is 0 Å². The first-order valence-corrected chi connectivity index (χ1v) is 4.26. The predicted octanol–water partition coefficient (Wildman–Crippen LogP) is 0.797. The van der Waals surface area contributed by atoms with E-state index in [4.69, 9.17) is 0 Å². The fraction of sp³-hybridized carbons (Fsp3) is 0.778. The van der Waals surface area contributed by atoms with Crippen molar-refractivity contribution in [3.05, 3.63) is 0 Å². The Labute approximate surface area is 72.8 Å². The number of aliphatic hydroxyl groups excluding tert-OH is 1. The highest BCUT2D eigenvalue weighted by atomic mass is 16.3. The maximum absolute atomic E-state index is 10.5. The van der Waals surface area contributed by atoms with E-state index in [9.17, 15) is 14.7 Å². The highest BCUT2D eigenvalue weighted by Gasteiger charge is 2.23. The van der Waals surface area contributed by atoms with Crippen LogP contribution in [0, 0.1) is 11.8 Å². The van der Waals surface area contributed by atoms with Gasteiger partial charge in [-0.05, 0) is 6.42 Å². The zero-order chi connectivity index (χ0) is 9.56. The molecule has 0 saturated carbocycles. The Morgan fingerprint density at radius 1 is 1.33 bits per heavy atom. The summed E-state index contributed by atoms with van der Waals surface area (Å²) < 4.78 is 0. The molecule has 3 heteroatoms. The normalized spacial score (nSPS) is 17.9. The summed E-state index contributed by atoms with van der Waals surface area (Å²) in [7, 11) is 0. The summed E-state index contributed by atoms with van der Waals surface area (Å²) in [5, 5.41) is 9.42. The number of aldehydes is 2. The first kappa shape index (κ1) is 11.3. The van der Waals surface area contributed by atoms with Crippen molar-refractivity contribution >= 4 is 12.6 Å². The minimum atomic E-state index is -0.673. The summed E-state index contributed by atoms with van der Waals surface area (Å²) in [4.78, 5) is 20.8. The van der Waals surface area contributed by atoms with Crippen LogP contribution in [0.25, 0.3) is 0 Å². The van der Waals surface area contributed by atoms with Crippen LogP contribution in [0.15, 0.2) is 0 Å². The molecule has 0 aromatic rings. The number of aliphatic hydroxyl groups is 1. The molecule has 3 unspecified atom stereocenters. The van der Waals surface area contributed by atoms with Gasteiger partial charge in [0.05, 0.1) is 6.10 Å². The van der Waals surface area contributed by atoms with Crippen LogP contribution in [0.1, 0.15) is 26.7 Å². The molecule has 0 radical (unpaired) electrons. The van der Waals surface area contributed by atoms with E-state index in [0.717, 1.165) is 6.42 Å². The lowest BCUT2D eigenvalue weighted by molar-refractivity contribution is -0.122. The quantitative estimate of drug-likeness (QED) is 0.603. The highest BCUT2D eigenvalue weighted by molar-refractivity contribution is 5.64. The lowest BCUT2D eigenvalue weighted by Crippen LogP contribution is -2.28. The minimum Gasteiger partial charge on any atom is -0.392 e. The van der Waals surface area contributed by atoms with Gasteiger partial charge in [0.25, 0.3) is 0 Å². The molecule has 0 bridgehead atoms. The average molecular weight is 172 g/mol. The van der Waals surface area contributed by atoms with Crippen LogP contribution in [0.5, 0.6) is 0 Å². The van der Waals surface area contributed by atoms with Crippen molar-refractivity contribution in [1.82, 2.24) is 0 Å². The van der Waals surface area contributed by atoms with Crippen molar-refractivity contribution in [1.29, 1.82) is 0 Å². The molecule has 0 spiro atoms. The summed E-state index contributed by atoms with van der Waals surface area (Å²) in [5.41, 5.74) is 0. The van der Waals surface area contributed by atoms with Gasteiger partial charge in [0.1, 0.15) is 12.6 Å². The molecule has 0 aromatic heterocycles. The molecule has 0 aromatic carbocycles. The van der Waals surface area contributed by atoms with Crippen LogP contribution in [0.3, 0.4) is 0 Å². The fourth-order valence-corrected chi connectivity index (χ4v) is 1.14. The smallest absolute Gasteiger partial charge is 0.126 e. The van der Waals surface area contributed by atoms with Gasteiger partial charge >= 0.3 is 0 Å². The number of rotatable bonds is 6. The molecule has 3 nitrogen and oxygen atoms in total. The summed E-state index contributed by atoms with van der Waals surface area (Å²) >= 11 is 0. The number of carbonyl (C=O) groups is 2. The minimum absolute atomic E-state index is 0.385. The zero-order valence-electron chi connectivity index (χ0n) is 7.56. The fourth-order valence-electron chi connectivity index (χ4n) is 1.14. The van der Waals surface area contributed by atoms with E-state index in [0.29, 0.717) is 19.0 Å². The van der Waals surface area contributed by atoms with Crippen LogP contribution in [0.2, 0.25) is 0 Å². The molecule has 12 heavy (non-hydrogen) atoms. The third kappa shape index (κ3) is 3.13. The molecule has 0 amide bonds. The monoisotopic (exact) mass is 172 g/mol. The molecule has 70 valence electrons. The lowest BCUT2D eigenvalue weighted by Gasteiger charge is -2.19. The number of hydrogen-bond acceptors (Lipinski definition) is 3. The Morgan fingerprint density at radius 3 is 2.25 bits per heavy atom.